The van der Waals surface area contributed by atoms with Gasteiger partial charge in [0, 0.05) is 18.3 Å². The average molecular weight is 305 g/mol. The second kappa shape index (κ2) is 4.95. The Hall–Kier alpha value is -3.15. The molecule has 0 spiro atoms. The summed E-state index contributed by atoms with van der Waals surface area (Å²) in [6, 6.07) is 11.1. The third-order valence-electron chi connectivity index (χ3n) is 4.04. The predicted octanol–water partition coefficient (Wildman–Crippen LogP) is 3.01. The molecule has 0 aliphatic carbocycles. The minimum atomic E-state index is -0.159. The number of carbonyl (C=O) groups is 1. The molecule has 1 amide bonds. The molecule has 2 N–H and O–H groups in total. The maximum absolute atomic E-state index is 12.4. The Morgan fingerprint density at radius 1 is 1.17 bits per heavy atom. The van der Waals surface area contributed by atoms with Crippen molar-refractivity contribution in [2.75, 3.05) is 5.32 Å². The SMILES string of the molecule is Cc1nc2cc(NC(=O)c3ccc4nc[nH]c4c3)ccc2n1C. The van der Waals surface area contributed by atoms with E-state index in [9.17, 15) is 4.79 Å². The monoisotopic (exact) mass is 305 g/mol. The van der Waals surface area contributed by atoms with Gasteiger partial charge >= 0.3 is 0 Å². The number of aryl methyl sites for hydroxylation is 2. The van der Waals surface area contributed by atoms with Crippen molar-refractivity contribution in [1.82, 2.24) is 19.5 Å². The fourth-order valence-electron chi connectivity index (χ4n) is 2.68. The Balaban J connectivity index is 1.65. The zero-order chi connectivity index (χ0) is 16.0. The minimum Gasteiger partial charge on any atom is -0.345 e. The Bertz CT molecular complexity index is 1040. The van der Waals surface area contributed by atoms with E-state index in [2.05, 4.69) is 20.3 Å². The molecule has 6 nitrogen and oxygen atoms in total. The van der Waals surface area contributed by atoms with Crippen molar-refractivity contribution in [3.63, 3.8) is 0 Å². The summed E-state index contributed by atoms with van der Waals surface area (Å²) in [5.41, 5.74) is 4.90. The molecule has 2 aromatic heterocycles. The first-order valence-electron chi connectivity index (χ1n) is 7.29. The van der Waals surface area contributed by atoms with Gasteiger partial charge in [-0.05, 0) is 43.3 Å². The number of nitrogens with one attached hydrogen (secondary N) is 2. The first-order valence-corrected chi connectivity index (χ1v) is 7.29. The molecule has 0 unspecified atom stereocenters. The number of benzene rings is 2. The van der Waals surface area contributed by atoms with Gasteiger partial charge in [0.25, 0.3) is 5.91 Å². The molecule has 0 aliphatic heterocycles. The van der Waals surface area contributed by atoms with Gasteiger partial charge in [-0.25, -0.2) is 9.97 Å². The largest absolute Gasteiger partial charge is 0.345 e. The number of nitrogens with zero attached hydrogens (tertiary/aromatic N) is 3. The summed E-state index contributed by atoms with van der Waals surface area (Å²) in [5.74, 6) is 0.779. The van der Waals surface area contributed by atoms with Crippen molar-refractivity contribution >= 4 is 33.7 Å². The molecule has 0 saturated carbocycles. The van der Waals surface area contributed by atoms with Crippen LogP contribution in [0.3, 0.4) is 0 Å². The van der Waals surface area contributed by atoms with Gasteiger partial charge in [0.1, 0.15) is 5.82 Å². The van der Waals surface area contributed by atoms with Gasteiger partial charge in [0.15, 0.2) is 0 Å². The molecular weight excluding hydrogens is 290 g/mol. The highest BCUT2D eigenvalue weighted by Crippen LogP contribution is 2.20. The predicted molar refractivity (Wildman–Crippen MR) is 89.5 cm³/mol. The van der Waals surface area contributed by atoms with E-state index in [1.54, 1.807) is 18.5 Å². The average Bonchev–Trinajstić information content (AvgIpc) is 3.11. The summed E-state index contributed by atoms with van der Waals surface area (Å²) >= 11 is 0. The Labute approximate surface area is 132 Å². The Morgan fingerprint density at radius 3 is 2.91 bits per heavy atom. The number of H-pyrrole nitrogens is 1. The van der Waals surface area contributed by atoms with E-state index in [0.717, 1.165) is 33.6 Å². The van der Waals surface area contributed by atoms with Crippen LogP contribution in [0, 0.1) is 6.92 Å². The molecule has 0 saturated heterocycles. The van der Waals surface area contributed by atoms with Gasteiger partial charge in [0.05, 0.1) is 28.4 Å². The third kappa shape index (κ3) is 2.24. The summed E-state index contributed by atoms with van der Waals surface area (Å²) in [5, 5.41) is 2.91. The lowest BCUT2D eigenvalue weighted by Gasteiger charge is -2.05. The second-order valence-corrected chi connectivity index (χ2v) is 5.51. The van der Waals surface area contributed by atoms with E-state index in [1.807, 2.05) is 42.8 Å². The first kappa shape index (κ1) is 13.5. The van der Waals surface area contributed by atoms with Crippen molar-refractivity contribution in [2.45, 2.75) is 6.92 Å². The number of imidazole rings is 2. The number of hydrogen-bond donors (Lipinski definition) is 2. The van der Waals surface area contributed by atoms with Gasteiger partial charge in [-0.15, -0.1) is 0 Å². The number of carbonyl (C=O) groups excluding carboxylic acids is 1. The van der Waals surface area contributed by atoms with Crippen LogP contribution >= 0.6 is 0 Å². The lowest BCUT2D eigenvalue weighted by atomic mass is 10.2. The summed E-state index contributed by atoms with van der Waals surface area (Å²) in [4.78, 5) is 24.1. The van der Waals surface area contributed by atoms with E-state index in [0.29, 0.717) is 5.56 Å². The maximum Gasteiger partial charge on any atom is 0.255 e. The first-order chi connectivity index (χ1) is 11.1. The molecule has 2 heterocycles. The molecule has 0 bridgehead atoms. The normalized spacial score (nSPS) is 11.2. The van der Waals surface area contributed by atoms with Crippen LogP contribution < -0.4 is 5.32 Å². The molecule has 4 rings (SSSR count). The molecule has 0 radical (unpaired) electrons. The topological polar surface area (TPSA) is 75.6 Å². The molecule has 6 heteroatoms. The smallest absolute Gasteiger partial charge is 0.255 e. The number of aromatic amines is 1. The summed E-state index contributed by atoms with van der Waals surface area (Å²) in [7, 11) is 1.97. The van der Waals surface area contributed by atoms with E-state index in [4.69, 9.17) is 0 Å². The zero-order valence-corrected chi connectivity index (χ0v) is 12.8. The van der Waals surface area contributed by atoms with Crippen LogP contribution in [-0.2, 0) is 7.05 Å². The molecule has 114 valence electrons. The fourth-order valence-corrected chi connectivity index (χ4v) is 2.68. The van der Waals surface area contributed by atoms with Gasteiger partial charge in [0.2, 0.25) is 0 Å². The standard InChI is InChI=1S/C17H15N5O/c1-10-20-15-8-12(4-6-16(15)22(10)2)21-17(23)11-3-5-13-14(7-11)19-9-18-13/h3-9H,1-2H3,(H,18,19)(H,21,23). The highest BCUT2D eigenvalue weighted by atomic mass is 16.1. The van der Waals surface area contributed by atoms with Crippen molar-refractivity contribution in [1.29, 1.82) is 0 Å². The van der Waals surface area contributed by atoms with Crippen molar-refractivity contribution in [3.05, 3.63) is 54.1 Å². The summed E-state index contributed by atoms with van der Waals surface area (Å²) in [6.45, 7) is 1.96. The van der Waals surface area contributed by atoms with Crippen LogP contribution in [0.1, 0.15) is 16.2 Å². The molecular formula is C17H15N5O. The lowest BCUT2D eigenvalue weighted by Crippen LogP contribution is -2.11. The quantitative estimate of drug-likeness (QED) is 0.598. The molecule has 0 aliphatic rings. The highest BCUT2D eigenvalue weighted by Gasteiger charge is 2.10. The number of anilines is 1. The summed E-state index contributed by atoms with van der Waals surface area (Å²) in [6.07, 6.45) is 1.61. The Kier molecular flexibility index (Phi) is 2.90. The molecule has 23 heavy (non-hydrogen) atoms. The molecule has 4 aromatic rings. The van der Waals surface area contributed by atoms with Gasteiger partial charge in [-0.2, -0.15) is 0 Å². The van der Waals surface area contributed by atoms with Crippen molar-refractivity contribution in [2.24, 2.45) is 7.05 Å². The van der Waals surface area contributed by atoms with Crippen molar-refractivity contribution < 1.29 is 4.79 Å². The van der Waals surface area contributed by atoms with Gasteiger partial charge < -0.3 is 14.9 Å². The highest BCUT2D eigenvalue weighted by molar-refractivity contribution is 6.06. The van der Waals surface area contributed by atoms with Crippen LogP contribution in [0.5, 0.6) is 0 Å². The third-order valence-corrected chi connectivity index (χ3v) is 4.04. The minimum absolute atomic E-state index is 0.159. The van der Waals surface area contributed by atoms with Crippen LogP contribution in [-0.4, -0.2) is 25.4 Å². The van der Waals surface area contributed by atoms with Gasteiger partial charge in [-0.3, -0.25) is 4.79 Å². The maximum atomic E-state index is 12.4. The van der Waals surface area contributed by atoms with Gasteiger partial charge in [-0.1, -0.05) is 0 Å². The van der Waals surface area contributed by atoms with Crippen LogP contribution in [0.25, 0.3) is 22.1 Å². The van der Waals surface area contributed by atoms with Crippen molar-refractivity contribution in [3.8, 4) is 0 Å². The summed E-state index contributed by atoms with van der Waals surface area (Å²) < 4.78 is 2.02. The number of aromatic nitrogens is 4. The number of hydrogen-bond acceptors (Lipinski definition) is 3. The van der Waals surface area contributed by atoms with Crippen LogP contribution in [0.15, 0.2) is 42.7 Å². The van der Waals surface area contributed by atoms with E-state index in [-0.39, 0.29) is 5.91 Å². The van der Waals surface area contributed by atoms with Crippen LogP contribution in [0.4, 0.5) is 5.69 Å². The number of amides is 1. The van der Waals surface area contributed by atoms with Crippen LogP contribution in [0.2, 0.25) is 0 Å². The lowest BCUT2D eigenvalue weighted by molar-refractivity contribution is 0.102. The molecule has 2 aromatic carbocycles. The van der Waals surface area contributed by atoms with E-state index in [1.165, 1.54) is 0 Å². The second-order valence-electron chi connectivity index (χ2n) is 5.51. The van der Waals surface area contributed by atoms with E-state index < -0.39 is 0 Å². The zero-order valence-electron chi connectivity index (χ0n) is 12.8. The number of fused-ring (bicyclic) bond motifs is 2. The van der Waals surface area contributed by atoms with E-state index >= 15 is 0 Å². The number of rotatable bonds is 2. The fraction of sp³-hybridized carbons (Fsp3) is 0.118. The molecule has 0 atom stereocenters. The Morgan fingerprint density at radius 2 is 2.04 bits per heavy atom. The molecule has 0 fully saturated rings.